The van der Waals surface area contributed by atoms with Gasteiger partial charge in [-0.15, -0.1) is 5.10 Å². The third-order valence-electron chi connectivity index (χ3n) is 5.02. The molecule has 25 heavy (non-hydrogen) atoms. The SMILES string of the molecule is Cc1nc(-n2ccc(OCCC3(S(C)(C)C)CC3)n2)ccc1C(=O)O. The molecule has 6 nitrogen and oxygen atoms in total. The molecule has 7 heteroatoms. The van der Waals surface area contributed by atoms with E-state index >= 15 is 0 Å². The molecule has 0 spiro atoms. The van der Waals surface area contributed by atoms with Gasteiger partial charge in [0, 0.05) is 17.0 Å². The van der Waals surface area contributed by atoms with Crippen LogP contribution < -0.4 is 4.74 Å². The molecular formula is C18H25N3O3S. The first kappa shape index (κ1) is 17.8. The van der Waals surface area contributed by atoms with E-state index in [4.69, 9.17) is 9.84 Å². The Kier molecular flexibility index (Phi) is 4.53. The Morgan fingerprint density at radius 1 is 1.32 bits per heavy atom. The fraction of sp³-hybridized carbons (Fsp3) is 0.500. The lowest BCUT2D eigenvalue weighted by molar-refractivity contribution is 0.0695. The molecule has 1 aliphatic carbocycles. The topological polar surface area (TPSA) is 77.2 Å². The summed E-state index contributed by atoms with van der Waals surface area (Å²) in [6.07, 6.45) is 12.6. The number of aromatic carboxylic acids is 1. The Bertz CT molecular complexity index is 791. The highest BCUT2D eigenvalue weighted by atomic mass is 32.3. The molecule has 1 aliphatic rings. The van der Waals surface area contributed by atoms with Gasteiger partial charge in [0.2, 0.25) is 5.88 Å². The molecule has 1 fully saturated rings. The molecule has 0 radical (unpaired) electrons. The lowest BCUT2D eigenvalue weighted by Gasteiger charge is -2.36. The summed E-state index contributed by atoms with van der Waals surface area (Å²) in [4.78, 5) is 15.4. The molecule has 0 aromatic carbocycles. The van der Waals surface area contributed by atoms with Gasteiger partial charge >= 0.3 is 5.97 Å². The van der Waals surface area contributed by atoms with Crippen molar-refractivity contribution in [3.05, 3.63) is 35.7 Å². The Labute approximate surface area is 149 Å². The number of nitrogens with zero attached hydrogens (tertiary/aromatic N) is 3. The van der Waals surface area contributed by atoms with Crippen molar-refractivity contribution >= 4 is 16.0 Å². The van der Waals surface area contributed by atoms with E-state index < -0.39 is 16.0 Å². The van der Waals surface area contributed by atoms with E-state index in [0.29, 0.717) is 28.7 Å². The second-order valence-electron chi connectivity index (χ2n) is 7.32. The van der Waals surface area contributed by atoms with Crippen LogP contribution in [0.2, 0.25) is 0 Å². The summed E-state index contributed by atoms with van der Waals surface area (Å²) in [6, 6.07) is 5.01. The summed E-state index contributed by atoms with van der Waals surface area (Å²) in [7, 11) is -0.563. The predicted molar refractivity (Wildman–Crippen MR) is 100 cm³/mol. The quantitative estimate of drug-likeness (QED) is 0.817. The Balaban J connectivity index is 1.63. The number of pyridine rings is 1. The van der Waals surface area contributed by atoms with Crippen LogP contribution in [0, 0.1) is 6.92 Å². The van der Waals surface area contributed by atoms with Crippen molar-refractivity contribution in [1.82, 2.24) is 14.8 Å². The van der Waals surface area contributed by atoms with E-state index in [0.717, 1.165) is 6.42 Å². The number of ether oxygens (including phenoxy) is 1. The first-order valence-corrected chi connectivity index (χ1v) is 11.2. The Morgan fingerprint density at radius 3 is 2.60 bits per heavy atom. The van der Waals surface area contributed by atoms with Crippen LogP contribution in [0.1, 0.15) is 35.3 Å². The molecule has 136 valence electrons. The van der Waals surface area contributed by atoms with Gasteiger partial charge in [-0.25, -0.2) is 24.5 Å². The van der Waals surface area contributed by atoms with Crippen LogP contribution in [0.5, 0.6) is 5.88 Å². The molecule has 0 amide bonds. The van der Waals surface area contributed by atoms with Gasteiger partial charge in [-0.05, 0) is 57.1 Å². The van der Waals surface area contributed by atoms with Crippen molar-refractivity contribution in [1.29, 1.82) is 0 Å². The van der Waals surface area contributed by atoms with Crippen molar-refractivity contribution in [2.24, 2.45) is 0 Å². The lowest BCUT2D eigenvalue weighted by Crippen LogP contribution is -2.20. The van der Waals surface area contributed by atoms with Crippen LogP contribution in [-0.4, -0.2) is 56.0 Å². The van der Waals surface area contributed by atoms with Crippen LogP contribution in [0.3, 0.4) is 0 Å². The molecule has 1 saturated carbocycles. The monoisotopic (exact) mass is 363 g/mol. The number of hydrogen-bond donors (Lipinski definition) is 1. The molecular weight excluding hydrogens is 338 g/mol. The van der Waals surface area contributed by atoms with Gasteiger partial charge in [0.1, 0.15) is 0 Å². The minimum absolute atomic E-state index is 0.201. The van der Waals surface area contributed by atoms with Crippen molar-refractivity contribution in [2.75, 3.05) is 25.4 Å². The highest BCUT2D eigenvalue weighted by Crippen LogP contribution is 2.66. The van der Waals surface area contributed by atoms with E-state index in [1.54, 1.807) is 29.9 Å². The number of carbonyl (C=O) groups is 1. The zero-order chi connectivity index (χ0) is 18.2. The molecule has 1 N–H and O–H groups in total. The minimum Gasteiger partial charge on any atom is -0.478 e. The van der Waals surface area contributed by atoms with Gasteiger partial charge in [-0.3, -0.25) is 0 Å². The predicted octanol–water partition coefficient (Wildman–Crippen LogP) is 3.27. The third kappa shape index (κ3) is 3.66. The lowest BCUT2D eigenvalue weighted by atomic mass is 10.2. The zero-order valence-electron chi connectivity index (χ0n) is 15.2. The molecule has 2 heterocycles. The summed E-state index contributed by atoms with van der Waals surface area (Å²) in [5, 5.41) is 13.5. The summed E-state index contributed by atoms with van der Waals surface area (Å²) >= 11 is 0. The average Bonchev–Trinajstić information content (AvgIpc) is 3.17. The van der Waals surface area contributed by atoms with Gasteiger partial charge in [-0.1, -0.05) is 0 Å². The van der Waals surface area contributed by atoms with E-state index in [9.17, 15) is 4.79 Å². The van der Waals surface area contributed by atoms with Crippen molar-refractivity contribution in [3.63, 3.8) is 0 Å². The number of hydrogen-bond acceptors (Lipinski definition) is 4. The fourth-order valence-electron chi connectivity index (χ4n) is 3.06. The molecule has 0 aliphatic heterocycles. The Morgan fingerprint density at radius 2 is 2.04 bits per heavy atom. The molecule has 3 rings (SSSR count). The van der Waals surface area contributed by atoms with Crippen LogP contribution in [0.25, 0.3) is 5.82 Å². The van der Waals surface area contributed by atoms with E-state index in [1.807, 2.05) is 6.07 Å². The van der Waals surface area contributed by atoms with E-state index in [-0.39, 0.29) is 5.56 Å². The number of carboxylic acids is 1. The first-order chi connectivity index (χ1) is 11.7. The maximum atomic E-state index is 11.1. The summed E-state index contributed by atoms with van der Waals surface area (Å²) in [6.45, 7) is 2.35. The van der Waals surface area contributed by atoms with E-state index in [2.05, 4.69) is 28.8 Å². The molecule has 0 unspecified atom stereocenters. The normalized spacial score (nSPS) is 16.5. The highest BCUT2D eigenvalue weighted by Gasteiger charge is 2.48. The van der Waals surface area contributed by atoms with Gasteiger partial charge < -0.3 is 9.84 Å². The summed E-state index contributed by atoms with van der Waals surface area (Å²) in [5.41, 5.74) is 0.665. The van der Waals surface area contributed by atoms with Crippen molar-refractivity contribution in [2.45, 2.75) is 30.9 Å². The summed E-state index contributed by atoms with van der Waals surface area (Å²) < 4.78 is 7.92. The number of aryl methyl sites for hydroxylation is 1. The number of carboxylic acid groups (broad SMARTS) is 1. The van der Waals surface area contributed by atoms with Gasteiger partial charge in [-0.2, -0.15) is 0 Å². The first-order valence-electron chi connectivity index (χ1n) is 8.30. The maximum Gasteiger partial charge on any atom is 0.337 e. The minimum atomic E-state index is -0.976. The highest BCUT2D eigenvalue weighted by molar-refractivity contribution is 8.33. The largest absolute Gasteiger partial charge is 0.478 e. The molecule has 2 aromatic rings. The zero-order valence-corrected chi connectivity index (χ0v) is 16.0. The number of aromatic nitrogens is 3. The smallest absolute Gasteiger partial charge is 0.337 e. The van der Waals surface area contributed by atoms with Crippen molar-refractivity contribution in [3.8, 4) is 11.7 Å². The second kappa shape index (κ2) is 6.37. The molecule has 0 atom stereocenters. The van der Waals surface area contributed by atoms with Gasteiger partial charge in [0.25, 0.3) is 0 Å². The van der Waals surface area contributed by atoms with Gasteiger partial charge in [0.05, 0.1) is 17.9 Å². The molecule has 0 saturated heterocycles. The molecule has 2 aromatic heterocycles. The van der Waals surface area contributed by atoms with Crippen LogP contribution >= 0.6 is 10.0 Å². The standard InChI is InChI=1S/C18H25N3O3S/c1-13-14(17(22)23)5-6-15(19-13)21-11-7-16(20-21)24-12-10-18(8-9-18)25(2,3)4/h5-7,11H,8-10,12H2,1-4H3,(H,22,23). The van der Waals surface area contributed by atoms with Crippen LogP contribution in [0.4, 0.5) is 0 Å². The van der Waals surface area contributed by atoms with Crippen LogP contribution in [-0.2, 0) is 0 Å². The maximum absolute atomic E-state index is 11.1. The third-order valence-corrected chi connectivity index (χ3v) is 8.23. The average molecular weight is 363 g/mol. The summed E-state index contributed by atoms with van der Waals surface area (Å²) in [5.74, 6) is 0.174. The van der Waals surface area contributed by atoms with Crippen molar-refractivity contribution < 1.29 is 14.6 Å². The van der Waals surface area contributed by atoms with E-state index in [1.165, 1.54) is 12.8 Å². The second-order valence-corrected chi connectivity index (χ2v) is 11.9. The number of rotatable bonds is 7. The molecule has 0 bridgehead atoms. The fourth-order valence-corrected chi connectivity index (χ4v) is 5.09. The van der Waals surface area contributed by atoms with Crippen LogP contribution in [0.15, 0.2) is 24.4 Å². The van der Waals surface area contributed by atoms with Gasteiger partial charge in [0.15, 0.2) is 5.82 Å². The Hall–Kier alpha value is -2.02.